The number of rotatable bonds is 5. The van der Waals surface area contributed by atoms with Crippen LogP contribution >= 0.6 is 11.6 Å². The minimum atomic E-state index is -0.0776. The molecule has 6 nitrogen and oxygen atoms in total. The predicted octanol–water partition coefficient (Wildman–Crippen LogP) is 4.55. The van der Waals surface area contributed by atoms with Crippen LogP contribution in [-0.4, -0.2) is 34.0 Å². The molecule has 29 heavy (non-hydrogen) atoms. The Bertz CT molecular complexity index is 986. The van der Waals surface area contributed by atoms with E-state index in [-0.39, 0.29) is 11.8 Å². The van der Waals surface area contributed by atoms with Crippen LogP contribution in [0.25, 0.3) is 11.5 Å². The highest BCUT2D eigenvalue weighted by atomic mass is 35.5. The van der Waals surface area contributed by atoms with Crippen LogP contribution in [-0.2, 0) is 11.3 Å². The summed E-state index contributed by atoms with van der Waals surface area (Å²) in [6.07, 6.45) is 1.82. The Hall–Kier alpha value is -2.70. The molecule has 1 unspecified atom stereocenters. The summed E-state index contributed by atoms with van der Waals surface area (Å²) in [5.74, 6) is 1.10. The molecule has 2 aromatic carbocycles. The van der Waals surface area contributed by atoms with Gasteiger partial charge < -0.3 is 9.84 Å². The van der Waals surface area contributed by atoms with Crippen molar-refractivity contribution in [3.8, 4) is 11.5 Å². The first kappa shape index (κ1) is 19.6. The van der Waals surface area contributed by atoms with Crippen LogP contribution in [0.4, 0.5) is 5.69 Å². The second-order valence-electron chi connectivity index (χ2n) is 7.46. The van der Waals surface area contributed by atoms with Crippen LogP contribution in [0.1, 0.15) is 24.2 Å². The van der Waals surface area contributed by atoms with Crippen LogP contribution < -0.4 is 5.32 Å². The zero-order valence-electron chi connectivity index (χ0n) is 16.3. The molecule has 1 aliphatic heterocycles. The van der Waals surface area contributed by atoms with Gasteiger partial charge in [-0.15, -0.1) is 0 Å². The number of nitrogens with zero attached hydrogens (tertiary/aromatic N) is 3. The average molecular weight is 411 g/mol. The molecular formula is C22H23ClN4O2. The van der Waals surface area contributed by atoms with E-state index in [0.29, 0.717) is 29.8 Å². The highest BCUT2D eigenvalue weighted by Crippen LogP contribution is 2.22. The summed E-state index contributed by atoms with van der Waals surface area (Å²) in [6.45, 7) is 4.19. The van der Waals surface area contributed by atoms with Crippen molar-refractivity contribution < 1.29 is 9.32 Å². The van der Waals surface area contributed by atoms with Crippen LogP contribution in [0, 0.1) is 12.8 Å². The van der Waals surface area contributed by atoms with Gasteiger partial charge in [-0.05, 0) is 56.6 Å². The largest absolute Gasteiger partial charge is 0.334 e. The number of carbonyl (C=O) groups is 1. The molecule has 4 rings (SSSR count). The first-order valence-electron chi connectivity index (χ1n) is 9.75. The minimum absolute atomic E-state index is 0.0189. The summed E-state index contributed by atoms with van der Waals surface area (Å²) < 4.78 is 5.42. The quantitative estimate of drug-likeness (QED) is 0.668. The molecule has 3 aromatic rings. The van der Waals surface area contributed by atoms with Gasteiger partial charge in [-0.3, -0.25) is 9.69 Å². The molecule has 1 saturated heterocycles. The van der Waals surface area contributed by atoms with Gasteiger partial charge >= 0.3 is 0 Å². The van der Waals surface area contributed by atoms with Crippen molar-refractivity contribution in [2.75, 3.05) is 18.4 Å². The molecule has 0 aliphatic carbocycles. The molecule has 0 spiro atoms. The first-order valence-corrected chi connectivity index (χ1v) is 10.1. The Kier molecular flexibility index (Phi) is 5.92. The summed E-state index contributed by atoms with van der Waals surface area (Å²) >= 11 is 6.00. The van der Waals surface area contributed by atoms with Gasteiger partial charge in [-0.25, -0.2) is 0 Å². The molecule has 1 aliphatic rings. The number of piperidine rings is 1. The van der Waals surface area contributed by atoms with Crippen LogP contribution in [0.5, 0.6) is 0 Å². The number of amides is 1. The number of aromatic nitrogens is 2. The fourth-order valence-corrected chi connectivity index (χ4v) is 3.75. The SMILES string of the molecule is Cc1ccc(-c2nc(CN3CCCC(C(=O)Nc4cccc(Cl)c4)C3)no2)cc1. The maximum absolute atomic E-state index is 12.7. The molecule has 0 saturated carbocycles. The molecule has 1 atom stereocenters. The maximum Gasteiger partial charge on any atom is 0.257 e. The van der Waals surface area contributed by atoms with Crippen molar-refractivity contribution in [2.45, 2.75) is 26.3 Å². The molecule has 1 aromatic heterocycles. The van der Waals surface area contributed by atoms with Crippen molar-refractivity contribution >= 4 is 23.2 Å². The molecular weight excluding hydrogens is 388 g/mol. The molecule has 7 heteroatoms. The third-order valence-electron chi connectivity index (χ3n) is 5.10. The van der Waals surface area contributed by atoms with Crippen LogP contribution in [0.15, 0.2) is 53.1 Å². The highest BCUT2D eigenvalue weighted by molar-refractivity contribution is 6.30. The third kappa shape index (κ3) is 5.02. The monoisotopic (exact) mass is 410 g/mol. The number of anilines is 1. The zero-order valence-corrected chi connectivity index (χ0v) is 17.0. The maximum atomic E-state index is 12.7. The predicted molar refractivity (Wildman–Crippen MR) is 113 cm³/mol. The van der Waals surface area contributed by atoms with E-state index in [4.69, 9.17) is 16.1 Å². The van der Waals surface area contributed by atoms with E-state index in [1.807, 2.05) is 43.3 Å². The lowest BCUT2D eigenvalue weighted by molar-refractivity contribution is -0.121. The number of halogens is 1. The zero-order chi connectivity index (χ0) is 20.2. The van der Waals surface area contributed by atoms with E-state index < -0.39 is 0 Å². The van der Waals surface area contributed by atoms with E-state index in [1.165, 1.54) is 5.56 Å². The lowest BCUT2D eigenvalue weighted by Gasteiger charge is -2.31. The number of aryl methyl sites for hydroxylation is 1. The topological polar surface area (TPSA) is 71.3 Å². The summed E-state index contributed by atoms with van der Waals surface area (Å²) in [5, 5.41) is 7.69. The average Bonchev–Trinajstić information content (AvgIpc) is 3.17. The molecule has 150 valence electrons. The van der Waals surface area contributed by atoms with E-state index in [2.05, 4.69) is 20.4 Å². The van der Waals surface area contributed by atoms with E-state index in [9.17, 15) is 4.79 Å². The summed E-state index contributed by atoms with van der Waals surface area (Å²) in [4.78, 5) is 19.4. The van der Waals surface area contributed by atoms with Gasteiger partial charge in [-0.2, -0.15) is 4.98 Å². The number of hydrogen-bond donors (Lipinski definition) is 1. The standard InChI is InChI=1S/C22H23ClN4O2/c1-15-7-9-16(10-8-15)22-25-20(26-29-22)14-27-11-3-4-17(13-27)21(28)24-19-6-2-5-18(23)12-19/h2,5-10,12,17H,3-4,11,13-14H2,1H3,(H,24,28). The van der Waals surface area contributed by atoms with E-state index in [1.54, 1.807) is 12.1 Å². The van der Waals surface area contributed by atoms with Crippen LogP contribution in [0.3, 0.4) is 0 Å². The Morgan fingerprint density at radius 1 is 1.28 bits per heavy atom. The molecule has 1 N–H and O–H groups in total. The van der Waals surface area contributed by atoms with Gasteiger partial charge in [0.05, 0.1) is 12.5 Å². The summed E-state index contributed by atoms with van der Waals surface area (Å²) in [7, 11) is 0. The van der Waals surface area contributed by atoms with Gasteiger partial charge in [-0.1, -0.05) is 40.5 Å². The van der Waals surface area contributed by atoms with E-state index >= 15 is 0 Å². The van der Waals surface area contributed by atoms with Crippen molar-refractivity contribution in [2.24, 2.45) is 5.92 Å². The lowest BCUT2D eigenvalue weighted by atomic mass is 9.97. The second kappa shape index (κ2) is 8.76. The number of benzene rings is 2. The summed E-state index contributed by atoms with van der Waals surface area (Å²) in [5.41, 5.74) is 2.82. The third-order valence-corrected chi connectivity index (χ3v) is 5.34. The normalized spacial score (nSPS) is 17.2. The molecule has 2 heterocycles. The molecule has 0 radical (unpaired) electrons. The Balaban J connectivity index is 1.36. The van der Waals surface area contributed by atoms with E-state index in [0.717, 1.165) is 30.6 Å². The Labute approximate surface area is 174 Å². The van der Waals surface area contributed by atoms with Crippen molar-refractivity contribution in [3.05, 3.63) is 64.9 Å². The molecule has 0 bridgehead atoms. The molecule has 1 amide bonds. The van der Waals surface area contributed by atoms with Crippen LogP contribution in [0.2, 0.25) is 5.02 Å². The summed E-state index contributed by atoms with van der Waals surface area (Å²) in [6, 6.07) is 15.2. The Morgan fingerprint density at radius 2 is 2.10 bits per heavy atom. The van der Waals surface area contributed by atoms with Crippen molar-refractivity contribution in [1.29, 1.82) is 0 Å². The highest BCUT2D eigenvalue weighted by Gasteiger charge is 2.27. The number of carbonyl (C=O) groups excluding carboxylic acids is 1. The van der Waals surface area contributed by atoms with Gasteiger partial charge in [0.1, 0.15) is 0 Å². The smallest absolute Gasteiger partial charge is 0.257 e. The lowest BCUT2D eigenvalue weighted by Crippen LogP contribution is -2.40. The minimum Gasteiger partial charge on any atom is -0.334 e. The number of likely N-dealkylation sites (tertiary alicyclic amines) is 1. The van der Waals surface area contributed by atoms with Gasteiger partial charge in [0.15, 0.2) is 5.82 Å². The number of hydrogen-bond acceptors (Lipinski definition) is 5. The van der Waals surface area contributed by atoms with Gasteiger partial charge in [0.25, 0.3) is 5.89 Å². The Morgan fingerprint density at radius 3 is 2.90 bits per heavy atom. The van der Waals surface area contributed by atoms with Crippen molar-refractivity contribution in [3.63, 3.8) is 0 Å². The van der Waals surface area contributed by atoms with Gasteiger partial charge in [0, 0.05) is 22.8 Å². The van der Waals surface area contributed by atoms with Gasteiger partial charge in [0.2, 0.25) is 5.91 Å². The van der Waals surface area contributed by atoms with Crippen molar-refractivity contribution in [1.82, 2.24) is 15.0 Å². The number of nitrogens with one attached hydrogen (secondary N) is 1. The second-order valence-corrected chi connectivity index (χ2v) is 7.89. The fourth-order valence-electron chi connectivity index (χ4n) is 3.56. The fraction of sp³-hybridized carbons (Fsp3) is 0.318. The first-order chi connectivity index (χ1) is 14.1. The molecule has 1 fully saturated rings.